The van der Waals surface area contributed by atoms with Gasteiger partial charge in [0.25, 0.3) is 0 Å². The monoisotopic (exact) mass is 279 g/mol. The fourth-order valence-corrected chi connectivity index (χ4v) is 3.95. The van der Waals surface area contributed by atoms with Gasteiger partial charge in [-0.2, -0.15) is 0 Å². The fourth-order valence-electron chi connectivity index (χ4n) is 3.95. The van der Waals surface area contributed by atoms with Gasteiger partial charge in [-0.3, -0.25) is 19.3 Å². The number of carbonyl (C=O) groups excluding carboxylic acids is 3. The molecule has 3 heterocycles. The number of hydrogen-bond acceptors (Lipinski definition) is 4. The second-order valence-electron chi connectivity index (χ2n) is 6.04. The molecule has 6 heteroatoms. The molecule has 0 spiro atoms. The molecule has 0 radical (unpaired) electrons. The Morgan fingerprint density at radius 2 is 2.05 bits per heavy atom. The Labute approximate surface area is 118 Å². The molecular formula is C14H21N3O3. The maximum atomic E-state index is 12.6. The molecule has 0 saturated carbocycles. The van der Waals surface area contributed by atoms with Crippen molar-refractivity contribution in [2.75, 3.05) is 13.1 Å². The van der Waals surface area contributed by atoms with E-state index in [1.807, 2.05) is 11.8 Å². The van der Waals surface area contributed by atoms with Gasteiger partial charge in [0, 0.05) is 13.5 Å². The van der Waals surface area contributed by atoms with Crippen molar-refractivity contribution in [3.8, 4) is 0 Å². The highest BCUT2D eigenvalue weighted by Gasteiger charge is 2.54. The molecule has 3 fully saturated rings. The van der Waals surface area contributed by atoms with Crippen molar-refractivity contribution >= 4 is 17.7 Å². The van der Waals surface area contributed by atoms with Gasteiger partial charge >= 0.3 is 0 Å². The minimum atomic E-state index is -0.281. The lowest BCUT2D eigenvalue weighted by Gasteiger charge is -2.28. The lowest BCUT2D eigenvalue weighted by atomic mass is 10.0. The van der Waals surface area contributed by atoms with Crippen molar-refractivity contribution in [3.05, 3.63) is 0 Å². The zero-order valence-electron chi connectivity index (χ0n) is 12.0. The van der Waals surface area contributed by atoms with Crippen LogP contribution in [0.3, 0.4) is 0 Å². The number of carbonyl (C=O) groups is 3. The average Bonchev–Trinajstić information content (AvgIpc) is 3.09. The molecule has 3 amide bonds. The van der Waals surface area contributed by atoms with Crippen LogP contribution in [-0.2, 0) is 14.4 Å². The third-order valence-electron chi connectivity index (χ3n) is 4.87. The van der Waals surface area contributed by atoms with Crippen LogP contribution in [0.25, 0.3) is 0 Å². The first kappa shape index (κ1) is 13.5. The van der Waals surface area contributed by atoms with Crippen molar-refractivity contribution in [1.29, 1.82) is 0 Å². The number of hydrogen-bond donors (Lipinski definition) is 1. The standard InChI is InChI=1S/C14H21N3O3/c1-8-12-11(17(9(2)18)13(8)19)5-7-16(12)14(20)10-4-3-6-15-10/h8,10-12,15H,3-7H2,1-2H3/t8-,10-,11-,12+/m0/s1. The minimum absolute atomic E-state index is 0.0973. The van der Waals surface area contributed by atoms with Crippen LogP contribution in [0.4, 0.5) is 0 Å². The van der Waals surface area contributed by atoms with Crippen LogP contribution >= 0.6 is 0 Å². The molecule has 20 heavy (non-hydrogen) atoms. The van der Waals surface area contributed by atoms with Gasteiger partial charge in [-0.25, -0.2) is 0 Å². The van der Waals surface area contributed by atoms with Crippen LogP contribution < -0.4 is 5.32 Å². The zero-order chi connectivity index (χ0) is 14.4. The third-order valence-corrected chi connectivity index (χ3v) is 4.87. The molecule has 3 aliphatic heterocycles. The summed E-state index contributed by atoms with van der Waals surface area (Å²) in [6, 6.07) is -0.371. The van der Waals surface area contributed by atoms with Crippen LogP contribution in [0, 0.1) is 5.92 Å². The molecule has 110 valence electrons. The van der Waals surface area contributed by atoms with E-state index in [1.165, 1.54) is 11.8 Å². The molecule has 1 N–H and O–H groups in total. The Balaban J connectivity index is 1.81. The van der Waals surface area contributed by atoms with E-state index < -0.39 is 0 Å². The summed E-state index contributed by atoms with van der Waals surface area (Å²) >= 11 is 0. The summed E-state index contributed by atoms with van der Waals surface area (Å²) in [5, 5.41) is 3.22. The molecule has 3 aliphatic rings. The Morgan fingerprint density at radius 3 is 2.65 bits per heavy atom. The van der Waals surface area contributed by atoms with Gasteiger partial charge in [-0.05, 0) is 25.8 Å². The Hall–Kier alpha value is -1.43. The SMILES string of the molecule is CC(=O)N1C(=O)[C@@H](C)[C@@H]2[C@@H]1CCN2C(=O)[C@@H]1CCCN1. The number of fused-ring (bicyclic) bond motifs is 1. The first-order valence-corrected chi connectivity index (χ1v) is 7.40. The number of amides is 3. The largest absolute Gasteiger partial charge is 0.335 e. The second kappa shape index (κ2) is 4.84. The van der Waals surface area contributed by atoms with Crippen LogP contribution in [0.1, 0.15) is 33.1 Å². The van der Waals surface area contributed by atoms with E-state index >= 15 is 0 Å². The van der Waals surface area contributed by atoms with Crippen molar-refractivity contribution in [1.82, 2.24) is 15.1 Å². The zero-order valence-corrected chi connectivity index (χ0v) is 12.0. The van der Waals surface area contributed by atoms with Gasteiger partial charge in [0.05, 0.1) is 24.0 Å². The lowest BCUT2D eigenvalue weighted by molar-refractivity contribution is -0.143. The smallest absolute Gasteiger partial charge is 0.240 e. The normalized spacial score (nSPS) is 36.6. The summed E-state index contributed by atoms with van der Waals surface area (Å²) in [6.45, 7) is 4.78. The second-order valence-corrected chi connectivity index (χ2v) is 6.04. The van der Waals surface area contributed by atoms with E-state index in [9.17, 15) is 14.4 Å². The number of likely N-dealkylation sites (tertiary alicyclic amines) is 2. The number of rotatable bonds is 1. The molecule has 6 nitrogen and oxygen atoms in total. The summed E-state index contributed by atoms with van der Waals surface area (Å²) in [5.74, 6) is -0.524. The van der Waals surface area contributed by atoms with E-state index in [1.54, 1.807) is 0 Å². The predicted octanol–water partition coefficient (Wildman–Crippen LogP) is -0.267. The molecule has 0 bridgehead atoms. The van der Waals surface area contributed by atoms with E-state index in [0.717, 1.165) is 19.4 Å². The lowest BCUT2D eigenvalue weighted by Crippen LogP contribution is -2.49. The van der Waals surface area contributed by atoms with Crippen molar-refractivity contribution < 1.29 is 14.4 Å². The maximum absolute atomic E-state index is 12.6. The summed E-state index contributed by atoms with van der Waals surface area (Å²) < 4.78 is 0. The molecule has 0 aromatic rings. The van der Waals surface area contributed by atoms with Crippen molar-refractivity contribution in [2.24, 2.45) is 5.92 Å². The first-order chi connectivity index (χ1) is 9.52. The average molecular weight is 279 g/mol. The van der Waals surface area contributed by atoms with Gasteiger partial charge < -0.3 is 10.2 Å². The summed E-state index contributed by atoms with van der Waals surface area (Å²) in [4.78, 5) is 39.6. The van der Waals surface area contributed by atoms with Gasteiger partial charge in [0.1, 0.15) is 0 Å². The molecule has 0 aliphatic carbocycles. The number of nitrogens with one attached hydrogen (secondary N) is 1. The summed E-state index contributed by atoms with van der Waals surface area (Å²) in [6.07, 6.45) is 2.59. The minimum Gasteiger partial charge on any atom is -0.335 e. The molecular weight excluding hydrogens is 258 g/mol. The molecule has 4 atom stereocenters. The topological polar surface area (TPSA) is 69.7 Å². The van der Waals surface area contributed by atoms with Gasteiger partial charge in [0.15, 0.2) is 0 Å². The quantitative estimate of drug-likeness (QED) is 0.717. The molecule has 3 rings (SSSR count). The Morgan fingerprint density at radius 1 is 1.30 bits per heavy atom. The molecule has 0 aromatic heterocycles. The fraction of sp³-hybridized carbons (Fsp3) is 0.786. The van der Waals surface area contributed by atoms with E-state index in [4.69, 9.17) is 0 Å². The Bertz CT molecular complexity index is 459. The van der Waals surface area contributed by atoms with Gasteiger partial charge in [0.2, 0.25) is 17.7 Å². The highest BCUT2D eigenvalue weighted by atomic mass is 16.2. The molecule has 0 unspecified atom stereocenters. The predicted molar refractivity (Wildman–Crippen MR) is 71.6 cm³/mol. The van der Waals surface area contributed by atoms with Crippen molar-refractivity contribution in [2.45, 2.75) is 51.2 Å². The number of nitrogens with zero attached hydrogens (tertiary/aromatic N) is 2. The summed E-state index contributed by atoms with van der Waals surface area (Å²) in [5.41, 5.74) is 0. The highest BCUT2D eigenvalue weighted by Crippen LogP contribution is 2.37. The van der Waals surface area contributed by atoms with Crippen LogP contribution in [0.15, 0.2) is 0 Å². The summed E-state index contributed by atoms with van der Waals surface area (Å²) in [7, 11) is 0. The molecule has 0 aromatic carbocycles. The first-order valence-electron chi connectivity index (χ1n) is 7.40. The maximum Gasteiger partial charge on any atom is 0.240 e. The van der Waals surface area contributed by atoms with Gasteiger partial charge in [-0.1, -0.05) is 6.92 Å². The number of imide groups is 1. The van der Waals surface area contributed by atoms with Gasteiger partial charge in [-0.15, -0.1) is 0 Å². The Kier molecular flexibility index (Phi) is 3.28. The van der Waals surface area contributed by atoms with E-state index in [-0.39, 0.29) is 41.8 Å². The van der Waals surface area contributed by atoms with Crippen LogP contribution in [-0.4, -0.2) is 58.7 Å². The van der Waals surface area contributed by atoms with Crippen LogP contribution in [0.5, 0.6) is 0 Å². The van der Waals surface area contributed by atoms with Crippen molar-refractivity contribution in [3.63, 3.8) is 0 Å². The van der Waals surface area contributed by atoms with E-state index in [2.05, 4.69) is 5.32 Å². The van der Waals surface area contributed by atoms with E-state index in [0.29, 0.717) is 13.0 Å². The molecule has 3 saturated heterocycles. The highest BCUT2D eigenvalue weighted by molar-refractivity contribution is 5.99. The van der Waals surface area contributed by atoms with Crippen LogP contribution in [0.2, 0.25) is 0 Å². The third kappa shape index (κ3) is 1.85.